The average molecular weight is 675 g/mol. The summed E-state index contributed by atoms with van der Waals surface area (Å²) in [6, 6.07) is 32.9. The predicted octanol–water partition coefficient (Wildman–Crippen LogP) is 9.82. The summed E-state index contributed by atoms with van der Waals surface area (Å²) in [4.78, 5) is 0. The zero-order valence-corrected chi connectivity index (χ0v) is 28.2. The first-order valence-electron chi connectivity index (χ1n) is 14.8. The molecule has 9 aromatic rings. The molecular weight excluding hydrogens is 642 g/mol. The molecule has 0 aliphatic rings. The van der Waals surface area contributed by atoms with E-state index in [1.54, 1.807) is 8.52 Å². The van der Waals surface area contributed by atoms with E-state index in [0.29, 0.717) is 0 Å². The summed E-state index contributed by atoms with van der Waals surface area (Å²) in [6.45, 7) is 14.0. The third kappa shape index (κ3) is 3.22. The Balaban J connectivity index is 1.68. The molecule has 9 rings (SSSR count). The first-order valence-corrected chi connectivity index (χ1v) is 18.2. The van der Waals surface area contributed by atoms with Crippen molar-refractivity contribution in [2.24, 2.45) is 0 Å². The Hall–Kier alpha value is -3.26. The molecule has 5 aromatic carbocycles. The molecule has 42 heavy (non-hydrogen) atoms. The van der Waals surface area contributed by atoms with E-state index in [1.807, 2.05) is 0 Å². The van der Waals surface area contributed by atoms with Gasteiger partial charge in [-0.2, -0.15) is 0 Å². The Morgan fingerprint density at radius 1 is 0.476 bits per heavy atom. The van der Waals surface area contributed by atoms with Crippen LogP contribution in [-0.4, -0.2) is 37.8 Å². The Morgan fingerprint density at radius 3 is 1.29 bits per heavy atom. The molecule has 4 heterocycles. The van der Waals surface area contributed by atoms with E-state index >= 15 is 0 Å². The van der Waals surface area contributed by atoms with E-state index in [0.717, 1.165) is 0 Å². The molecule has 0 fully saturated rings. The van der Waals surface area contributed by atoms with E-state index in [-0.39, 0.29) is 39.8 Å². The number of nitrogens with zero attached hydrogens (tertiary/aromatic N) is 2. The molecule has 0 N–H and O–H groups in total. The van der Waals surface area contributed by atoms with Gasteiger partial charge in [-0.05, 0) is 0 Å². The fourth-order valence-electron chi connectivity index (χ4n) is 7.02. The van der Waals surface area contributed by atoms with Crippen LogP contribution in [0.3, 0.4) is 0 Å². The van der Waals surface area contributed by atoms with E-state index in [1.165, 1.54) is 74.3 Å². The van der Waals surface area contributed by atoms with Crippen LogP contribution in [0.15, 0.2) is 84.9 Å². The second-order valence-electron chi connectivity index (χ2n) is 13.9. The molecule has 0 saturated carbocycles. The number of fused-ring (bicyclic) bond motifs is 12. The van der Waals surface area contributed by atoms with Crippen molar-refractivity contribution in [2.75, 3.05) is 0 Å². The van der Waals surface area contributed by atoms with Crippen LogP contribution < -0.4 is 0 Å². The van der Waals surface area contributed by atoms with Crippen molar-refractivity contribution in [1.29, 1.82) is 0 Å². The fraction of sp³-hybridized carbons (Fsp3) is 0.211. The molecule has 0 aliphatic carbocycles. The Labute approximate surface area is 256 Å². The van der Waals surface area contributed by atoms with Crippen molar-refractivity contribution in [3.8, 4) is 0 Å². The molecule has 4 heteroatoms. The van der Waals surface area contributed by atoms with Gasteiger partial charge in [-0.3, -0.25) is 0 Å². The van der Waals surface area contributed by atoms with Crippen molar-refractivity contribution in [2.45, 2.75) is 52.4 Å². The minimum atomic E-state index is 0.0881. The normalized spacial score (nSPS) is 13.5. The summed E-state index contributed by atoms with van der Waals surface area (Å²) in [5, 5.41) is 5.81. The van der Waals surface area contributed by atoms with Crippen LogP contribution >= 0.6 is 0 Å². The maximum atomic E-state index is 2.62. The van der Waals surface area contributed by atoms with Gasteiger partial charge in [-0.25, -0.2) is 0 Å². The average Bonchev–Trinajstić information content (AvgIpc) is 3.49. The van der Waals surface area contributed by atoms with Gasteiger partial charge >= 0.3 is 258 Å². The van der Waals surface area contributed by atoms with Crippen LogP contribution in [0, 0.1) is 0 Å². The van der Waals surface area contributed by atoms with Gasteiger partial charge in [0.25, 0.3) is 0 Å². The van der Waals surface area contributed by atoms with Gasteiger partial charge in [-0.15, -0.1) is 0 Å². The Kier molecular flexibility index (Phi) is 4.94. The van der Waals surface area contributed by atoms with Gasteiger partial charge in [0.2, 0.25) is 0 Å². The Morgan fingerprint density at radius 2 is 0.881 bits per heavy atom. The number of hydrogen-bond acceptors (Lipinski definition) is 0. The van der Waals surface area contributed by atoms with Gasteiger partial charge < -0.3 is 0 Å². The monoisotopic (exact) mass is 676 g/mol. The molecule has 0 aliphatic heterocycles. The molecule has 0 atom stereocenters. The second kappa shape index (κ2) is 8.22. The summed E-state index contributed by atoms with van der Waals surface area (Å²) in [6.07, 6.45) is 0. The number of hydrogen-bond donors (Lipinski definition) is 0. The molecule has 2 nitrogen and oxygen atoms in total. The zero-order chi connectivity index (χ0) is 28.7. The quantitative estimate of drug-likeness (QED) is 0.112. The van der Waals surface area contributed by atoms with Crippen LogP contribution in [0.25, 0.3) is 71.7 Å². The van der Waals surface area contributed by atoms with Crippen LogP contribution in [0.5, 0.6) is 0 Å². The number of rotatable bonds is 0. The maximum absolute atomic E-state index is 2.62. The standard InChI is InChI=1S/C38H32N2Se2/c1-37(2,3)21-15-17-25-23(19-21)31-33-36(42-29-13-9-7-11-27(29)39(25)33)32-24-20-22(38(4,5)6)16-18-26(24)40-28-12-8-10-14-30(28)41-35(31)34(32)40/h7-20H,1-6H3. The molecule has 0 unspecified atom stereocenters. The van der Waals surface area contributed by atoms with Gasteiger partial charge in [0.05, 0.1) is 0 Å². The molecule has 0 radical (unpaired) electrons. The summed E-state index contributed by atoms with van der Waals surface area (Å²) in [5.41, 5.74) is 11.3. The number of benzene rings is 5. The molecular formula is C38H32N2Se2. The van der Waals surface area contributed by atoms with E-state index < -0.39 is 0 Å². The SMILES string of the molecule is CC(C)(C)c1ccc2c(c1)c1c3[se]c4ccccc4n4c5ccc(C(C)(C)C)cc5c(c5[se]c6ccccc6n2c51)c34. The van der Waals surface area contributed by atoms with Crippen LogP contribution in [0.2, 0.25) is 0 Å². The number of aromatic nitrogens is 2. The van der Waals surface area contributed by atoms with Crippen molar-refractivity contribution in [3.63, 3.8) is 0 Å². The van der Waals surface area contributed by atoms with Crippen molar-refractivity contribution in [3.05, 3.63) is 96.1 Å². The first-order chi connectivity index (χ1) is 20.1. The second-order valence-corrected chi connectivity index (χ2v) is 18.3. The molecule has 0 bridgehead atoms. The minimum absolute atomic E-state index is 0.0881. The van der Waals surface area contributed by atoms with Gasteiger partial charge in [0.1, 0.15) is 0 Å². The summed E-state index contributed by atoms with van der Waals surface area (Å²) >= 11 is 0.400. The topological polar surface area (TPSA) is 8.82 Å². The van der Waals surface area contributed by atoms with Crippen molar-refractivity contribution in [1.82, 2.24) is 8.80 Å². The predicted molar refractivity (Wildman–Crippen MR) is 185 cm³/mol. The van der Waals surface area contributed by atoms with E-state index in [2.05, 4.69) is 135 Å². The molecule has 0 saturated heterocycles. The third-order valence-electron chi connectivity index (χ3n) is 9.19. The van der Waals surface area contributed by atoms with E-state index in [9.17, 15) is 0 Å². The summed E-state index contributed by atoms with van der Waals surface area (Å²) in [5.74, 6) is 0. The molecule has 206 valence electrons. The Bertz CT molecular complexity index is 2400. The summed E-state index contributed by atoms with van der Waals surface area (Å²) < 4.78 is 11.3. The van der Waals surface area contributed by atoms with Crippen LogP contribution in [-0.2, 0) is 10.8 Å². The van der Waals surface area contributed by atoms with Crippen molar-refractivity contribution >= 4 is 101 Å². The fourth-order valence-corrected chi connectivity index (χ4v) is 12.2. The summed E-state index contributed by atoms with van der Waals surface area (Å²) in [7, 11) is 0. The van der Waals surface area contributed by atoms with Gasteiger partial charge in [0.15, 0.2) is 0 Å². The van der Waals surface area contributed by atoms with Crippen LogP contribution in [0.1, 0.15) is 52.7 Å². The molecule has 0 spiro atoms. The third-order valence-corrected chi connectivity index (χ3v) is 14.1. The molecule has 4 aromatic heterocycles. The van der Waals surface area contributed by atoms with Gasteiger partial charge in [0, 0.05) is 0 Å². The zero-order valence-electron chi connectivity index (χ0n) is 24.8. The number of para-hydroxylation sites is 2. The van der Waals surface area contributed by atoms with E-state index in [4.69, 9.17) is 0 Å². The van der Waals surface area contributed by atoms with Gasteiger partial charge in [-0.1, -0.05) is 0 Å². The molecule has 0 amide bonds. The van der Waals surface area contributed by atoms with Crippen LogP contribution in [0.4, 0.5) is 0 Å². The first kappa shape index (κ1) is 25.3. The van der Waals surface area contributed by atoms with Crippen molar-refractivity contribution < 1.29 is 0 Å².